The predicted molar refractivity (Wildman–Crippen MR) is 101 cm³/mol. The number of benzene rings is 3. The summed E-state index contributed by atoms with van der Waals surface area (Å²) in [4.78, 5) is 24.1. The Bertz CT molecular complexity index is 856. The number of carbonyl (C=O) groups excluding carboxylic acids is 2. The second-order valence-electron chi connectivity index (χ2n) is 5.36. The van der Waals surface area contributed by atoms with E-state index >= 15 is 0 Å². The summed E-state index contributed by atoms with van der Waals surface area (Å²) in [5.41, 5.74) is 1.48. The zero-order valence-electron chi connectivity index (χ0n) is 13.1. The predicted octanol–water partition coefficient (Wildman–Crippen LogP) is 4.39. The molecule has 0 atom stereocenters. The van der Waals surface area contributed by atoms with Crippen LogP contribution in [0.25, 0.3) is 10.8 Å². The van der Waals surface area contributed by atoms with Gasteiger partial charge in [-0.25, -0.2) is 0 Å². The van der Waals surface area contributed by atoms with Crippen molar-refractivity contribution in [2.24, 2.45) is 0 Å². The number of hydrogen-bond donors (Lipinski definition) is 1. The molecule has 0 saturated heterocycles. The highest BCUT2D eigenvalue weighted by molar-refractivity contribution is 8.00. The minimum absolute atomic E-state index is 0.0403. The minimum Gasteiger partial charge on any atom is -0.325 e. The van der Waals surface area contributed by atoms with Gasteiger partial charge in [-0.05, 0) is 11.5 Å². The van der Waals surface area contributed by atoms with E-state index in [1.165, 1.54) is 11.8 Å². The molecule has 24 heavy (non-hydrogen) atoms. The first-order chi connectivity index (χ1) is 11.7. The SMILES string of the molecule is O=C(CSCC(=O)c1ccccc1)Nc1cccc2ccccc12. The lowest BCUT2D eigenvalue weighted by atomic mass is 10.1. The van der Waals surface area contributed by atoms with Crippen molar-refractivity contribution in [3.05, 3.63) is 78.4 Å². The van der Waals surface area contributed by atoms with E-state index in [9.17, 15) is 9.59 Å². The summed E-state index contributed by atoms with van der Waals surface area (Å²) in [5, 5.41) is 5.03. The Morgan fingerprint density at radius 2 is 1.50 bits per heavy atom. The number of hydrogen-bond acceptors (Lipinski definition) is 3. The molecular formula is C20H17NO2S. The molecule has 0 fully saturated rings. The van der Waals surface area contributed by atoms with Gasteiger partial charge in [-0.15, -0.1) is 11.8 Å². The maximum Gasteiger partial charge on any atom is 0.234 e. The van der Waals surface area contributed by atoms with Crippen LogP contribution < -0.4 is 5.32 Å². The van der Waals surface area contributed by atoms with E-state index in [0.717, 1.165) is 16.5 Å². The summed E-state index contributed by atoms with van der Waals surface area (Å²) in [6, 6.07) is 22.9. The van der Waals surface area contributed by atoms with Gasteiger partial charge in [0.2, 0.25) is 5.91 Å². The Hall–Kier alpha value is -2.59. The zero-order valence-corrected chi connectivity index (χ0v) is 13.9. The summed E-state index contributed by atoms with van der Waals surface area (Å²) in [5.74, 6) is 0.491. The van der Waals surface area contributed by atoms with Crippen molar-refractivity contribution in [1.29, 1.82) is 0 Å². The average molecular weight is 335 g/mol. The van der Waals surface area contributed by atoms with Crippen LogP contribution in [0.15, 0.2) is 72.8 Å². The normalized spacial score (nSPS) is 10.5. The van der Waals surface area contributed by atoms with E-state index in [4.69, 9.17) is 0 Å². The number of anilines is 1. The number of Topliss-reactive ketones (excluding diaryl/α,β-unsaturated/α-hetero) is 1. The number of fused-ring (bicyclic) bond motifs is 1. The smallest absolute Gasteiger partial charge is 0.234 e. The maximum absolute atomic E-state index is 12.1. The molecule has 0 bridgehead atoms. The molecule has 0 radical (unpaired) electrons. The van der Waals surface area contributed by atoms with Crippen LogP contribution in [-0.4, -0.2) is 23.2 Å². The van der Waals surface area contributed by atoms with Crippen molar-refractivity contribution in [1.82, 2.24) is 0 Å². The molecule has 0 heterocycles. The molecule has 3 rings (SSSR count). The van der Waals surface area contributed by atoms with Crippen LogP contribution in [0.1, 0.15) is 10.4 Å². The third-order valence-corrected chi connectivity index (χ3v) is 4.56. The van der Waals surface area contributed by atoms with Crippen LogP contribution in [-0.2, 0) is 4.79 Å². The Morgan fingerprint density at radius 1 is 0.792 bits per heavy atom. The largest absolute Gasteiger partial charge is 0.325 e. The molecule has 1 N–H and O–H groups in total. The lowest BCUT2D eigenvalue weighted by molar-refractivity contribution is -0.113. The topological polar surface area (TPSA) is 46.2 Å². The standard InChI is InChI=1S/C20H17NO2S/c22-19(16-8-2-1-3-9-16)13-24-14-20(23)21-18-12-6-10-15-7-4-5-11-17(15)18/h1-12H,13-14H2,(H,21,23). The third kappa shape index (κ3) is 4.03. The van der Waals surface area contributed by atoms with Gasteiger partial charge in [0.25, 0.3) is 0 Å². The Balaban J connectivity index is 1.55. The Kier molecular flexibility index (Phi) is 5.29. The lowest BCUT2D eigenvalue weighted by Crippen LogP contribution is -2.15. The van der Waals surface area contributed by atoms with E-state index < -0.39 is 0 Å². The number of amides is 1. The minimum atomic E-state index is -0.0998. The summed E-state index contributed by atoms with van der Waals surface area (Å²) in [6.07, 6.45) is 0. The summed E-state index contributed by atoms with van der Waals surface area (Å²) in [7, 11) is 0. The fourth-order valence-electron chi connectivity index (χ4n) is 2.46. The van der Waals surface area contributed by atoms with Gasteiger partial charge in [0, 0.05) is 16.6 Å². The second kappa shape index (κ2) is 7.79. The molecule has 3 aromatic carbocycles. The van der Waals surface area contributed by atoms with Crippen LogP contribution in [0.3, 0.4) is 0 Å². The van der Waals surface area contributed by atoms with E-state index in [0.29, 0.717) is 11.3 Å². The molecule has 0 aromatic heterocycles. The van der Waals surface area contributed by atoms with Crippen LogP contribution in [0.4, 0.5) is 5.69 Å². The van der Waals surface area contributed by atoms with E-state index in [-0.39, 0.29) is 17.4 Å². The van der Waals surface area contributed by atoms with Gasteiger partial charge in [-0.2, -0.15) is 0 Å². The number of carbonyl (C=O) groups is 2. The molecule has 0 aliphatic carbocycles. The lowest BCUT2D eigenvalue weighted by Gasteiger charge is -2.08. The van der Waals surface area contributed by atoms with E-state index in [1.807, 2.05) is 60.7 Å². The van der Waals surface area contributed by atoms with Gasteiger partial charge in [-0.3, -0.25) is 9.59 Å². The molecule has 0 spiro atoms. The first-order valence-electron chi connectivity index (χ1n) is 7.67. The quantitative estimate of drug-likeness (QED) is 0.679. The highest BCUT2D eigenvalue weighted by Crippen LogP contribution is 2.23. The summed E-state index contributed by atoms with van der Waals surface area (Å²) in [6.45, 7) is 0. The second-order valence-corrected chi connectivity index (χ2v) is 6.34. The number of rotatable bonds is 6. The van der Waals surface area contributed by atoms with Crippen LogP contribution in [0, 0.1) is 0 Å². The van der Waals surface area contributed by atoms with Crippen molar-refractivity contribution >= 4 is 39.9 Å². The summed E-state index contributed by atoms with van der Waals surface area (Å²) < 4.78 is 0. The highest BCUT2D eigenvalue weighted by atomic mass is 32.2. The molecule has 1 amide bonds. The molecule has 4 heteroatoms. The van der Waals surface area contributed by atoms with Crippen molar-refractivity contribution < 1.29 is 9.59 Å². The summed E-state index contributed by atoms with van der Waals surface area (Å²) >= 11 is 1.33. The monoisotopic (exact) mass is 335 g/mol. The number of ketones is 1. The van der Waals surface area contributed by atoms with E-state index in [1.54, 1.807) is 12.1 Å². The van der Waals surface area contributed by atoms with Crippen LogP contribution in [0.2, 0.25) is 0 Å². The molecular weight excluding hydrogens is 318 g/mol. The molecule has 0 aliphatic rings. The average Bonchev–Trinajstić information content (AvgIpc) is 2.63. The third-order valence-electron chi connectivity index (χ3n) is 3.63. The first kappa shape index (κ1) is 16.3. The fraction of sp³-hybridized carbons (Fsp3) is 0.100. The van der Waals surface area contributed by atoms with Gasteiger partial charge in [-0.1, -0.05) is 66.7 Å². The van der Waals surface area contributed by atoms with Gasteiger partial charge in [0.1, 0.15) is 0 Å². The fourth-order valence-corrected chi connectivity index (χ4v) is 3.18. The van der Waals surface area contributed by atoms with E-state index in [2.05, 4.69) is 5.32 Å². The number of thioether (sulfide) groups is 1. The molecule has 3 nitrogen and oxygen atoms in total. The molecule has 0 aliphatic heterocycles. The van der Waals surface area contributed by atoms with Crippen LogP contribution in [0.5, 0.6) is 0 Å². The van der Waals surface area contributed by atoms with Gasteiger partial charge >= 0.3 is 0 Å². The zero-order chi connectivity index (χ0) is 16.8. The van der Waals surface area contributed by atoms with Crippen molar-refractivity contribution in [2.45, 2.75) is 0 Å². The molecule has 3 aromatic rings. The molecule has 0 unspecified atom stereocenters. The maximum atomic E-state index is 12.1. The Morgan fingerprint density at radius 3 is 2.33 bits per heavy atom. The van der Waals surface area contributed by atoms with Gasteiger partial charge in [0.15, 0.2) is 5.78 Å². The van der Waals surface area contributed by atoms with Gasteiger partial charge in [0.05, 0.1) is 11.5 Å². The number of nitrogens with one attached hydrogen (secondary N) is 1. The van der Waals surface area contributed by atoms with Gasteiger partial charge < -0.3 is 5.32 Å². The highest BCUT2D eigenvalue weighted by Gasteiger charge is 2.09. The van der Waals surface area contributed by atoms with Crippen molar-refractivity contribution in [2.75, 3.05) is 16.8 Å². The van der Waals surface area contributed by atoms with Crippen molar-refractivity contribution in [3.63, 3.8) is 0 Å². The van der Waals surface area contributed by atoms with Crippen LogP contribution >= 0.6 is 11.8 Å². The first-order valence-corrected chi connectivity index (χ1v) is 8.83. The molecule has 120 valence electrons. The molecule has 0 saturated carbocycles. The Labute approximate surface area is 145 Å². The van der Waals surface area contributed by atoms with Crippen molar-refractivity contribution in [3.8, 4) is 0 Å².